The van der Waals surface area contributed by atoms with Crippen LogP contribution in [0.2, 0.25) is 0 Å². The lowest BCUT2D eigenvalue weighted by molar-refractivity contribution is -0.145. The van der Waals surface area contributed by atoms with Crippen LogP contribution in [-0.4, -0.2) is 35.1 Å². The van der Waals surface area contributed by atoms with Gasteiger partial charge in [0, 0.05) is 11.0 Å². The molecule has 1 aliphatic rings. The van der Waals surface area contributed by atoms with E-state index >= 15 is 0 Å². The Labute approximate surface area is 92.9 Å². The molecule has 0 saturated carbocycles. The van der Waals surface area contributed by atoms with Crippen molar-refractivity contribution in [2.45, 2.75) is 25.8 Å². The fraction of sp³-hybridized carbons (Fsp3) is 0.700. The summed E-state index contributed by atoms with van der Waals surface area (Å²) in [5.74, 6) is -0.207. The molecule has 1 fully saturated rings. The van der Waals surface area contributed by atoms with Crippen molar-refractivity contribution in [1.82, 2.24) is 4.90 Å². The molecule has 2 atom stereocenters. The summed E-state index contributed by atoms with van der Waals surface area (Å²) in [5, 5.41) is 9.05. The summed E-state index contributed by atoms with van der Waals surface area (Å²) in [4.78, 5) is 13.0. The average molecular weight is 262 g/mol. The summed E-state index contributed by atoms with van der Waals surface area (Å²) < 4.78 is 0.846. The van der Waals surface area contributed by atoms with Crippen LogP contribution in [0.3, 0.4) is 0 Å². The standard InChI is InChI=1S/C10H16BrNO2/c1-7-3-4-12(6-8(2)11)9(5-7)10(13)14/h7,9H,2-6H2,1H3,(H,13,14). The van der Waals surface area contributed by atoms with Gasteiger partial charge in [0.15, 0.2) is 0 Å². The van der Waals surface area contributed by atoms with E-state index in [-0.39, 0.29) is 6.04 Å². The summed E-state index contributed by atoms with van der Waals surface area (Å²) in [6.45, 7) is 7.33. The van der Waals surface area contributed by atoms with Gasteiger partial charge in [0.1, 0.15) is 6.04 Å². The molecule has 2 unspecified atom stereocenters. The SMILES string of the molecule is C=C(Br)CN1CCC(C)CC1C(=O)O. The zero-order valence-electron chi connectivity index (χ0n) is 8.37. The van der Waals surface area contributed by atoms with Gasteiger partial charge in [0.05, 0.1) is 0 Å². The maximum Gasteiger partial charge on any atom is 0.320 e. The van der Waals surface area contributed by atoms with E-state index in [0.29, 0.717) is 12.5 Å². The van der Waals surface area contributed by atoms with Gasteiger partial charge in [-0.3, -0.25) is 9.69 Å². The number of likely N-dealkylation sites (tertiary alicyclic amines) is 1. The summed E-state index contributed by atoms with van der Waals surface area (Å²) >= 11 is 3.27. The fourth-order valence-electron chi connectivity index (χ4n) is 1.86. The maximum atomic E-state index is 11.0. The molecule has 1 saturated heterocycles. The van der Waals surface area contributed by atoms with Crippen LogP contribution in [0.1, 0.15) is 19.8 Å². The molecule has 80 valence electrons. The molecule has 0 aromatic heterocycles. The monoisotopic (exact) mass is 261 g/mol. The van der Waals surface area contributed by atoms with Gasteiger partial charge in [0.2, 0.25) is 0 Å². The first-order valence-corrected chi connectivity index (χ1v) is 5.60. The van der Waals surface area contributed by atoms with Crippen LogP contribution in [0.4, 0.5) is 0 Å². The van der Waals surface area contributed by atoms with E-state index in [1.54, 1.807) is 0 Å². The summed E-state index contributed by atoms with van der Waals surface area (Å²) in [5.41, 5.74) is 0. The van der Waals surface area contributed by atoms with Crippen molar-refractivity contribution in [2.24, 2.45) is 5.92 Å². The molecule has 0 spiro atoms. The van der Waals surface area contributed by atoms with Crippen LogP contribution in [0, 0.1) is 5.92 Å². The van der Waals surface area contributed by atoms with Gasteiger partial charge in [-0.05, 0) is 25.3 Å². The Morgan fingerprint density at radius 2 is 2.36 bits per heavy atom. The molecule has 1 N–H and O–H groups in total. The van der Waals surface area contributed by atoms with Crippen molar-refractivity contribution >= 4 is 21.9 Å². The minimum absolute atomic E-state index is 0.340. The van der Waals surface area contributed by atoms with Crippen LogP contribution < -0.4 is 0 Å². The number of carboxylic acid groups (broad SMARTS) is 1. The second-order valence-electron chi connectivity index (χ2n) is 3.97. The van der Waals surface area contributed by atoms with Crippen LogP contribution in [-0.2, 0) is 4.79 Å². The number of carbonyl (C=O) groups is 1. The Kier molecular flexibility index (Phi) is 4.13. The molecule has 0 aliphatic carbocycles. The largest absolute Gasteiger partial charge is 0.480 e. The van der Waals surface area contributed by atoms with E-state index in [1.807, 2.05) is 4.90 Å². The van der Waals surface area contributed by atoms with E-state index in [0.717, 1.165) is 23.9 Å². The third-order valence-electron chi connectivity index (χ3n) is 2.64. The van der Waals surface area contributed by atoms with Gasteiger partial charge in [-0.1, -0.05) is 29.4 Å². The molecule has 0 bridgehead atoms. The van der Waals surface area contributed by atoms with Crippen molar-refractivity contribution in [2.75, 3.05) is 13.1 Å². The molecule has 0 aromatic rings. The molecule has 3 nitrogen and oxygen atoms in total. The number of carboxylic acids is 1. The van der Waals surface area contributed by atoms with Crippen molar-refractivity contribution < 1.29 is 9.90 Å². The van der Waals surface area contributed by atoms with Gasteiger partial charge in [-0.15, -0.1) is 0 Å². The van der Waals surface area contributed by atoms with E-state index in [2.05, 4.69) is 29.4 Å². The van der Waals surface area contributed by atoms with E-state index in [1.165, 1.54) is 0 Å². The number of nitrogens with zero attached hydrogens (tertiary/aromatic N) is 1. The van der Waals surface area contributed by atoms with Gasteiger partial charge < -0.3 is 5.11 Å². The van der Waals surface area contributed by atoms with Gasteiger partial charge in [-0.2, -0.15) is 0 Å². The number of halogens is 1. The second-order valence-corrected chi connectivity index (χ2v) is 5.09. The summed E-state index contributed by atoms with van der Waals surface area (Å²) in [6, 6.07) is -0.340. The predicted octanol–water partition coefficient (Wildman–Crippen LogP) is 2.08. The Hall–Kier alpha value is -0.350. The number of hydrogen-bond donors (Lipinski definition) is 1. The third-order valence-corrected chi connectivity index (χ3v) is 2.89. The summed E-state index contributed by atoms with van der Waals surface area (Å²) in [7, 11) is 0. The molecule has 0 amide bonds. The summed E-state index contributed by atoms with van der Waals surface area (Å²) in [6.07, 6.45) is 1.82. The topological polar surface area (TPSA) is 40.5 Å². The van der Waals surface area contributed by atoms with Crippen molar-refractivity contribution in [1.29, 1.82) is 0 Å². The number of aliphatic carboxylic acids is 1. The van der Waals surface area contributed by atoms with Gasteiger partial charge >= 0.3 is 5.97 Å². The number of hydrogen-bond acceptors (Lipinski definition) is 2. The zero-order chi connectivity index (χ0) is 10.7. The van der Waals surface area contributed by atoms with Crippen molar-refractivity contribution in [3.63, 3.8) is 0 Å². The molecule has 1 aliphatic heterocycles. The maximum absolute atomic E-state index is 11.0. The molecular formula is C10H16BrNO2. The Balaban J connectivity index is 2.62. The lowest BCUT2D eigenvalue weighted by atomic mass is 9.92. The molecule has 0 radical (unpaired) electrons. The van der Waals surface area contributed by atoms with Gasteiger partial charge in [0.25, 0.3) is 0 Å². The lowest BCUT2D eigenvalue weighted by Crippen LogP contribution is -2.47. The minimum atomic E-state index is -0.717. The highest BCUT2D eigenvalue weighted by Gasteiger charge is 2.31. The predicted molar refractivity (Wildman–Crippen MR) is 59.5 cm³/mol. The highest BCUT2D eigenvalue weighted by atomic mass is 79.9. The minimum Gasteiger partial charge on any atom is -0.480 e. The normalized spacial score (nSPS) is 28.7. The van der Waals surface area contributed by atoms with E-state index in [9.17, 15) is 4.79 Å². The van der Waals surface area contributed by atoms with Gasteiger partial charge in [-0.25, -0.2) is 0 Å². The molecule has 4 heteroatoms. The van der Waals surface area contributed by atoms with Crippen LogP contribution in [0.5, 0.6) is 0 Å². The highest BCUT2D eigenvalue weighted by molar-refractivity contribution is 9.11. The molecular weight excluding hydrogens is 246 g/mol. The first-order valence-electron chi connectivity index (χ1n) is 4.81. The van der Waals surface area contributed by atoms with Crippen molar-refractivity contribution in [3.8, 4) is 0 Å². The lowest BCUT2D eigenvalue weighted by Gasteiger charge is -2.35. The number of piperidine rings is 1. The fourth-order valence-corrected chi connectivity index (χ4v) is 2.18. The van der Waals surface area contributed by atoms with E-state index < -0.39 is 5.97 Å². The quantitative estimate of drug-likeness (QED) is 0.846. The molecule has 1 heterocycles. The smallest absolute Gasteiger partial charge is 0.320 e. The Morgan fingerprint density at radius 3 is 2.86 bits per heavy atom. The zero-order valence-corrected chi connectivity index (χ0v) is 9.96. The first kappa shape index (κ1) is 11.7. The van der Waals surface area contributed by atoms with Crippen LogP contribution in [0.25, 0.3) is 0 Å². The van der Waals surface area contributed by atoms with Crippen molar-refractivity contribution in [3.05, 3.63) is 11.1 Å². The van der Waals surface area contributed by atoms with E-state index in [4.69, 9.17) is 5.11 Å². The van der Waals surface area contributed by atoms with Crippen LogP contribution in [0.15, 0.2) is 11.1 Å². The highest BCUT2D eigenvalue weighted by Crippen LogP contribution is 2.23. The third kappa shape index (κ3) is 3.10. The van der Waals surface area contributed by atoms with Crippen LogP contribution >= 0.6 is 15.9 Å². The Morgan fingerprint density at radius 1 is 1.71 bits per heavy atom. The Bertz CT molecular complexity index is 242. The average Bonchev–Trinajstić information content (AvgIpc) is 2.07. The molecule has 14 heavy (non-hydrogen) atoms. The molecule has 1 rings (SSSR count). The molecule has 0 aromatic carbocycles. The second kappa shape index (κ2) is 4.94. The first-order chi connectivity index (χ1) is 6.50. The number of rotatable bonds is 3.